The van der Waals surface area contributed by atoms with Crippen LogP contribution in [0.3, 0.4) is 0 Å². The molecule has 2 nitrogen and oxygen atoms in total. The van der Waals surface area contributed by atoms with Gasteiger partial charge in [-0.2, -0.15) is 0 Å². The Balaban J connectivity index is 1.70. The zero-order valence-electron chi connectivity index (χ0n) is 10.9. The Morgan fingerprint density at radius 1 is 1.21 bits per heavy atom. The van der Waals surface area contributed by atoms with Gasteiger partial charge in [-0.15, -0.1) is 11.3 Å². The lowest BCUT2D eigenvalue weighted by atomic mass is 9.79. The molecule has 0 fully saturated rings. The van der Waals surface area contributed by atoms with Crippen molar-refractivity contribution in [3.8, 4) is 0 Å². The van der Waals surface area contributed by atoms with Crippen LogP contribution in [-0.4, -0.2) is 11.7 Å². The van der Waals surface area contributed by atoms with Crippen LogP contribution in [0.2, 0.25) is 0 Å². The summed E-state index contributed by atoms with van der Waals surface area (Å²) in [7, 11) is 0. The molecule has 1 heterocycles. The first-order valence-corrected chi connectivity index (χ1v) is 7.70. The zero-order chi connectivity index (χ0) is 13.1. The minimum absolute atomic E-state index is 0.627. The predicted molar refractivity (Wildman–Crippen MR) is 79.3 cm³/mol. The van der Waals surface area contributed by atoms with Gasteiger partial charge in [0.2, 0.25) is 0 Å². The van der Waals surface area contributed by atoms with E-state index >= 15 is 0 Å². The number of hydrogen-bond donors (Lipinski definition) is 2. The van der Waals surface area contributed by atoms with E-state index in [1.54, 1.807) is 11.3 Å². The number of aliphatic hydroxyl groups is 1. The van der Waals surface area contributed by atoms with Crippen LogP contribution in [0.1, 0.15) is 28.8 Å². The third-order valence-electron chi connectivity index (χ3n) is 3.85. The summed E-state index contributed by atoms with van der Waals surface area (Å²) >= 11 is 1.75. The summed E-state index contributed by atoms with van der Waals surface area (Å²) in [5.41, 5.74) is 1.71. The first kappa shape index (κ1) is 12.9. The molecule has 0 aliphatic heterocycles. The van der Waals surface area contributed by atoms with E-state index in [1.165, 1.54) is 10.4 Å². The van der Waals surface area contributed by atoms with Crippen LogP contribution < -0.4 is 5.32 Å². The normalized spacial score (nSPS) is 22.2. The molecule has 19 heavy (non-hydrogen) atoms. The van der Waals surface area contributed by atoms with Crippen molar-refractivity contribution in [1.29, 1.82) is 0 Å². The summed E-state index contributed by atoms with van der Waals surface area (Å²) in [4.78, 5) is 1.31. The van der Waals surface area contributed by atoms with Gasteiger partial charge in [-0.3, -0.25) is 0 Å². The van der Waals surface area contributed by atoms with Crippen LogP contribution in [0.25, 0.3) is 0 Å². The summed E-state index contributed by atoms with van der Waals surface area (Å²) < 4.78 is 0. The second-order valence-electron chi connectivity index (χ2n) is 5.23. The minimum atomic E-state index is -0.702. The number of nitrogens with one attached hydrogen (secondary N) is 1. The third kappa shape index (κ3) is 2.73. The van der Waals surface area contributed by atoms with Gasteiger partial charge in [-0.05, 0) is 41.8 Å². The van der Waals surface area contributed by atoms with E-state index in [2.05, 4.69) is 41.0 Å². The second-order valence-corrected chi connectivity index (χ2v) is 6.26. The van der Waals surface area contributed by atoms with E-state index in [-0.39, 0.29) is 0 Å². The molecule has 0 radical (unpaired) electrons. The first-order chi connectivity index (χ1) is 9.28. The fourth-order valence-corrected chi connectivity index (χ4v) is 3.56. The molecule has 1 unspecified atom stereocenters. The summed E-state index contributed by atoms with van der Waals surface area (Å²) in [5.74, 6) is 0. The standard InChI is InChI=1S/C16H19NOS/c18-16(12-17-11-14-7-4-10-19-14)9-3-6-13-5-1-2-8-15(13)16/h1-2,4-5,7-8,10,17-18H,3,6,9,11-12H2. The van der Waals surface area contributed by atoms with Crippen molar-refractivity contribution in [3.05, 3.63) is 57.8 Å². The molecule has 0 amide bonds. The summed E-state index contributed by atoms with van der Waals surface area (Å²) in [5, 5.41) is 16.4. The van der Waals surface area contributed by atoms with Crippen LogP contribution in [-0.2, 0) is 18.6 Å². The molecule has 3 heteroatoms. The Labute approximate surface area is 118 Å². The molecular weight excluding hydrogens is 254 g/mol. The lowest BCUT2D eigenvalue weighted by Gasteiger charge is -2.34. The number of hydrogen-bond acceptors (Lipinski definition) is 3. The number of rotatable bonds is 4. The molecule has 2 aromatic rings. The van der Waals surface area contributed by atoms with Gasteiger partial charge in [0.05, 0.1) is 0 Å². The van der Waals surface area contributed by atoms with Crippen molar-refractivity contribution in [1.82, 2.24) is 5.32 Å². The number of thiophene rings is 1. The maximum Gasteiger partial charge on any atom is 0.102 e. The summed E-state index contributed by atoms with van der Waals surface area (Å²) in [6.07, 6.45) is 3.00. The lowest BCUT2D eigenvalue weighted by molar-refractivity contribution is 0.0190. The maximum absolute atomic E-state index is 10.9. The van der Waals surface area contributed by atoms with Crippen molar-refractivity contribution < 1.29 is 5.11 Å². The van der Waals surface area contributed by atoms with E-state index in [1.807, 2.05) is 6.07 Å². The molecule has 1 aliphatic rings. The van der Waals surface area contributed by atoms with E-state index in [0.717, 1.165) is 31.4 Å². The van der Waals surface area contributed by atoms with Crippen LogP contribution in [0.5, 0.6) is 0 Å². The van der Waals surface area contributed by atoms with Crippen LogP contribution in [0, 0.1) is 0 Å². The molecule has 2 N–H and O–H groups in total. The Hall–Kier alpha value is -1.16. The van der Waals surface area contributed by atoms with Gasteiger partial charge in [0, 0.05) is 18.0 Å². The first-order valence-electron chi connectivity index (χ1n) is 6.82. The smallest absolute Gasteiger partial charge is 0.102 e. The molecule has 0 saturated heterocycles. The highest BCUT2D eigenvalue weighted by atomic mass is 32.1. The van der Waals surface area contributed by atoms with Crippen molar-refractivity contribution >= 4 is 11.3 Å². The maximum atomic E-state index is 10.9. The molecule has 1 aromatic heterocycles. The Bertz CT molecular complexity index is 537. The van der Waals surface area contributed by atoms with Gasteiger partial charge in [0.1, 0.15) is 5.60 Å². The molecule has 1 atom stereocenters. The number of fused-ring (bicyclic) bond motifs is 1. The van der Waals surface area contributed by atoms with Crippen LogP contribution in [0.15, 0.2) is 41.8 Å². The highest BCUT2D eigenvalue weighted by Crippen LogP contribution is 2.34. The van der Waals surface area contributed by atoms with Crippen LogP contribution in [0.4, 0.5) is 0 Å². The molecule has 3 rings (SSSR count). The van der Waals surface area contributed by atoms with Gasteiger partial charge >= 0.3 is 0 Å². The van der Waals surface area contributed by atoms with Crippen molar-refractivity contribution in [3.63, 3.8) is 0 Å². The fraction of sp³-hybridized carbons (Fsp3) is 0.375. The van der Waals surface area contributed by atoms with Crippen molar-refractivity contribution in [2.45, 2.75) is 31.4 Å². The predicted octanol–water partition coefficient (Wildman–Crippen LogP) is 3.06. The molecule has 0 saturated carbocycles. The fourth-order valence-electron chi connectivity index (χ4n) is 2.89. The lowest BCUT2D eigenvalue weighted by Crippen LogP contribution is -2.40. The van der Waals surface area contributed by atoms with E-state index < -0.39 is 5.60 Å². The highest BCUT2D eigenvalue weighted by molar-refractivity contribution is 7.09. The van der Waals surface area contributed by atoms with Crippen LogP contribution >= 0.6 is 11.3 Å². The highest BCUT2D eigenvalue weighted by Gasteiger charge is 2.33. The molecule has 1 aromatic carbocycles. The Morgan fingerprint density at radius 2 is 2.11 bits per heavy atom. The summed E-state index contributed by atoms with van der Waals surface area (Å²) in [6, 6.07) is 12.5. The van der Waals surface area contributed by atoms with Gasteiger partial charge in [-0.25, -0.2) is 0 Å². The van der Waals surface area contributed by atoms with E-state index in [9.17, 15) is 5.11 Å². The average Bonchev–Trinajstić information content (AvgIpc) is 2.93. The third-order valence-corrected chi connectivity index (χ3v) is 4.73. The summed E-state index contributed by atoms with van der Waals surface area (Å²) in [6.45, 7) is 1.46. The van der Waals surface area contributed by atoms with E-state index in [4.69, 9.17) is 0 Å². The zero-order valence-corrected chi connectivity index (χ0v) is 11.7. The van der Waals surface area contributed by atoms with Crippen molar-refractivity contribution in [2.24, 2.45) is 0 Å². The van der Waals surface area contributed by atoms with Gasteiger partial charge in [-0.1, -0.05) is 30.3 Å². The topological polar surface area (TPSA) is 32.3 Å². The van der Waals surface area contributed by atoms with Gasteiger partial charge < -0.3 is 10.4 Å². The average molecular weight is 273 g/mol. The minimum Gasteiger partial charge on any atom is -0.384 e. The SMILES string of the molecule is OC1(CNCc2cccs2)CCCc2ccccc21. The Morgan fingerprint density at radius 3 is 2.95 bits per heavy atom. The quantitative estimate of drug-likeness (QED) is 0.897. The number of aryl methyl sites for hydroxylation is 1. The molecular formula is C16H19NOS. The monoisotopic (exact) mass is 273 g/mol. The van der Waals surface area contributed by atoms with Crippen molar-refractivity contribution in [2.75, 3.05) is 6.54 Å². The van der Waals surface area contributed by atoms with Gasteiger partial charge in [0.25, 0.3) is 0 Å². The largest absolute Gasteiger partial charge is 0.384 e. The van der Waals surface area contributed by atoms with Gasteiger partial charge in [0.15, 0.2) is 0 Å². The Kier molecular flexibility index (Phi) is 3.69. The van der Waals surface area contributed by atoms with E-state index in [0.29, 0.717) is 6.54 Å². The molecule has 0 spiro atoms. The molecule has 1 aliphatic carbocycles. The number of benzene rings is 1. The second kappa shape index (κ2) is 5.45. The molecule has 0 bridgehead atoms. The molecule has 100 valence electrons.